The van der Waals surface area contributed by atoms with Crippen molar-refractivity contribution in [3.63, 3.8) is 0 Å². The van der Waals surface area contributed by atoms with Crippen LogP contribution in [0.3, 0.4) is 0 Å². The summed E-state index contributed by atoms with van der Waals surface area (Å²) in [5.41, 5.74) is 1.69. The van der Waals surface area contributed by atoms with E-state index in [-0.39, 0.29) is 11.5 Å². The summed E-state index contributed by atoms with van der Waals surface area (Å²) in [4.78, 5) is 23.2. The van der Waals surface area contributed by atoms with E-state index in [0.29, 0.717) is 26.2 Å². The minimum Gasteiger partial charge on any atom is -0.478 e. The minimum atomic E-state index is -0.942. The van der Waals surface area contributed by atoms with E-state index in [0.717, 1.165) is 11.1 Å². The van der Waals surface area contributed by atoms with E-state index in [4.69, 9.17) is 9.84 Å². The average molecular weight is 355 g/mol. The standard InChI is InChI=1S/C21H25NO4/c1-21(2,15-26-14-17-6-4-3-5-7-17)20(25)22-13-12-16-8-10-18(11-9-16)19(23)24/h3-11H,12-15H2,1-2H3,(H,22,25)(H,23,24). The van der Waals surface area contributed by atoms with Crippen LogP contribution >= 0.6 is 0 Å². The SMILES string of the molecule is CC(C)(COCc1ccccc1)C(=O)NCCc1ccc(C(=O)O)cc1. The fourth-order valence-corrected chi connectivity index (χ4v) is 2.44. The number of benzene rings is 2. The molecule has 138 valence electrons. The average Bonchev–Trinajstić information content (AvgIpc) is 2.62. The minimum absolute atomic E-state index is 0.0623. The summed E-state index contributed by atoms with van der Waals surface area (Å²) in [7, 11) is 0. The molecule has 2 aromatic carbocycles. The quantitative estimate of drug-likeness (QED) is 0.724. The molecule has 0 heterocycles. The van der Waals surface area contributed by atoms with Gasteiger partial charge in [0.05, 0.1) is 24.2 Å². The van der Waals surface area contributed by atoms with Crippen LogP contribution in [0.1, 0.15) is 35.3 Å². The fourth-order valence-electron chi connectivity index (χ4n) is 2.44. The molecule has 2 N–H and O–H groups in total. The van der Waals surface area contributed by atoms with Gasteiger partial charge in [-0.3, -0.25) is 4.79 Å². The van der Waals surface area contributed by atoms with Gasteiger partial charge in [0, 0.05) is 6.54 Å². The van der Waals surface area contributed by atoms with Crippen molar-refractivity contribution in [2.75, 3.05) is 13.2 Å². The lowest BCUT2D eigenvalue weighted by Gasteiger charge is -2.23. The molecule has 0 atom stereocenters. The molecule has 0 radical (unpaired) electrons. The second-order valence-electron chi connectivity index (χ2n) is 6.87. The van der Waals surface area contributed by atoms with Crippen LogP contribution in [-0.2, 0) is 22.6 Å². The van der Waals surface area contributed by atoms with Crippen LogP contribution in [-0.4, -0.2) is 30.1 Å². The Morgan fingerprint density at radius 1 is 1.00 bits per heavy atom. The Hall–Kier alpha value is -2.66. The van der Waals surface area contributed by atoms with Crippen molar-refractivity contribution < 1.29 is 19.4 Å². The molecule has 0 spiro atoms. The maximum absolute atomic E-state index is 12.4. The van der Waals surface area contributed by atoms with Crippen LogP contribution in [0.15, 0.2) is 54.6 Å². The molecule has 0 unspecified atom stereocenters. The Balaban J connectivity index is 1.74. The van der Waals surface area contributed by atoms with Gasteiger partial charge in [-0.1, -0.05) is 42.5 Å². The van der Waals surface area contributed by atoms with Gasteiger partial charge in [0.1, 0.15) is 0 Å². The first-order valence-corrected chi connectivity index (χ1v) is 8.61. The van der Waals surface area contributed by atoms with E-state index in [1.54, 1.807) is 24.3 Å². The van der Waals surface area contributed by atoms with Crippen molar-refractivity contribution in [1.29, 1.82) is 0 Å². The Labute approximate surface area is 154 Å². The van der Waals surface area contributed by atoms with Gasteiger partial charge in [-0.05, 0) is 43.5 Å². The van der Waals surface area contributed by atoms with E-state index < -0.39 is 11.4 Å². The molecule has 0 aliphatic heterocycles. The first-order chi connectivity index (χ1) is 12.4. The molecule has 0 aliphatic rings. The number of hydrogen-bond acceptors (Lipinski definition) is 3. The van der Waals surface area contributed by atoms with Gasteiger partial charge < -0.3 is 15.2 Å². The van der Waals surface area contributed by atoms with E-state index in [2.05, 4.69) is 5.32 Å². The number of hydrogen-bond donors (Lipinski definition) is 2. The lowest BCUT2D eigenvalue weighted by atomic mass is 9.93. The third-order valence-electron chi connectivity index (χ3n) is 4.09. The van der Waals surface area contributed by atoms with Crippen molar-refractivity contribution in [2.24, 2.45) is 5.41 Å². The Kier molecular flexibility index (Phi) is 6.92. The zero-order chi connectivity index (χ0) is 19.0. The number of ether oxygens (including phenoxy) is 1. The number of aromatic carboxylic acids is 1. The zero-order valence-corrected chi connectivity index (χ0v) is 15.2. The Bertz CT molecular complexity index is 723. The molecule has 0 saturated heterocycles. The number of carbonyl (C=O) groups is 2. The van der Waals surface area contributed by atoms with Gasteiger partial charge in [-0.2, -0.15) is 0 Å². The number of carbonyl (C=O) groups excluding carboxylic acids is 1. The fraction of sp³-hybridized carbons (Fsp3) is 0.333. The normalized spacial score (nSPS) is 11.2. The summed E-state index contributed by atoms with van der Waals surface area (Å²) in [6, 6.07) is 16.5. The van der Waals surface area contributed by atoms with Gasteiger partial charge in [-0.15, -0.1) is 0 Å². The monoisotopic (exact) mass is 355 g/mol. The van der Waals surface area contributed by atoms with Crippen molar-refractivity contribution in [2.45, 2.75) is 26.9 Å². The summed E-state index contributed by atoms with van der Waals surface area (Å²) >= 11 is 0. The molecular formula is C21H25NO4. The smallest absolute Gasteiger partial charge is 0.335 e. The second-order valence-corrected chi connectivity index (χ2v) is 6.87. The lowest BCUT2D eigenvalue weighted by Crippen LogP contribution is -2.40. The molecule has 5 heteroatoms. The zero-order valence-electron chi connectivity index (χ0n) is 15.2. The van der Waals surface area contributed by atoms with Crippen molar-refractivity contribution in [1.82, 2.24) is 5.32 Å². The third kappa shape index (κ3) is 6.01. The summed E-state index contributed by atoms with van der Waals surface area (Å²) in [5.74, 6) is -1.00. The maximum atomic E-state index is 12.4. The molecule has 0 saturated carbocycles. The van der Waals surface area contributed by atoms with Gasteiger partial charge in [-0.25, -0.2) is 4.79 Å². The van der Waals surface area contributed by atoms with Gasteiger partial charge >= 0.3 is 5.97 Å². The highest BCUT2D eigenvalue weighted by atomic mass is 16.5. The van der Waals surface area contributed by atoms with Crippen molar-refractivity contribution in [3.8, 4) is 0 Å². The maximum Gasteiger partial charge on any atom is 0.335 e. The number of carboxylic acids is 1. The summed E-state index contributed by atoms with van der Waals surface area (Å²) < 4.78 is 5.69. The van der Waals surface area contributed by atoms with E-state index in [1.807, 2.05) is 44.2 Å². The first-order valence-electron chi connectivity index (χ1n) is 8.61. The summed E-state index contributed by atoms with van der Waals surface area (Å²) in [6.07, 6.45) is 0.645. The predicted octanol–water partition coefficient (Wildman–Crippen LogP) is 3.29. The first kappa shape index (κ1) is 19.7. The second kappa shape index (κ2) is 9.15. The highest BCUT2D eigenvalue weighted by Crippen LogP contribution is 2.17. The number of nitrogens with one attached hydrogen (secondary N) is 1. The highest BCUT2D eigenvalue weighted by molar-refractivity contribution is 5.87. The van der Waals surface area contributed by atoms with Crippen LogP contribution < -0.4 is 5.32 Å². The predicted molar refractivity (Wildman–Crippen MR) is 100.0 cm³/mol. The highest BCUT2D eigenvalue weighted by Gasteiger charge is 2.27. The molecule has 2 rings (SSSR count). The molecular weight excluding hydrogens is 330 g/mol. The molecule has 26 heavy (non-hydrogen) atoms. The number of rotatable bonds is 9. The van der Waals surface area contributed by atoms with Crippen LogP contribution in [0.25, 0.3) is 0 Å². The molecule has 5 nitrogen and oxygen atoms in total. The Morgan fingerprint density at radius 3 is 2.27 bits per heavy atom. The third-order valence-corrected chi connectivity index (χ3v) is 4.09. The van der Waals surface area contributed by atoms with Crippen LogP contribution in [0.5, 0.6) is 0 Å². The van der Waals surface area contributed by atoms with E-state index >= 15 is 0 Å². The molecule has 2 aromatic rings. The topological polar surface area (TPSA) is 75.6 Å². The van der Waals surface area contributed by atoms with Gasteiger partial charge in [0.25, 0.3) is 0 Å². The van der Waals surface area contributed by atoms with E-state index in [9.17, 15) is 9.59 Å². The molecule has 0 bridgehead atoms. The summed E-state index contributed by atoms with van der Waals surface area (Å²) in [6.45, 7) is 5.02. The number of amides is 1. The lowest BCUT2D eigenvalue weighted by molar-refractivity contribution is -0.132. The molecule has 0 aromatic heterocycles. The molecule has 1 amide bonds. The van der Waals surface area contributed by atoms with Crippen LogP contribution in [0.4, 0.5) is 0 Å². The molecule has 0 aliphatic carbocycles. The largest absolute Gasteiger partial charge is 0.478 e. The van der Waals surface area contributed by atoms with Crippen LogP contribution in [0.2, 0.25) is 0 Å². The summed E-state index contributed by atoms with van der Waals surface area (Å²) in [5, 5.41) is 11.8. The molecule has 0 fully saturated rings. The Morgan fingerprint density at radius 2 is 1.65 bits per heavy atom. The van der Waals surface area contributed by atoms with Crippen molar-refractivity contribution in [3.05, 3.63) is 71.3 Å². The van der Waals surface area contributed by atoms with Gasteiger partial charge in [0.2, 0.25) is 5.91 Å². The van der Waals surface area contributed by atoms with Crippen molar-refractivity contribution >= 4 is 11.9 Å². The number of carboxylic acid groups (broad SMARTS) is 1. The van der Waals surface area contributed by atoms with Crippen LogP contribution in [0, 0.1) is 5.41 Å². The van der Waals surface area contributed by atoms with E-state index in [1.165, 1.54) is 0 Å². The van der Waals surface area contributed by atoms with Gasteiger partial charge in [0.15, 0.2) is 0 Å².